The van der Waals surface area contributed by atoms with Crippen molar-refractivity contribution in [1.82, 2.24) is 0 Å². The Morgan fingerprint density at radius 1 is 0.939 bits per heavy atom. The molecule has 5 aromatic rings. The lowest BCUT2D eigenvalue weighted by molar-refractivity contribution is -0.633. The average Bonchev–Trinajstić information content (AvgIpc) is 3.43. The molecule has 0 amide bonds. The van der Waals surface area contributed by atoms with Gasteiger partial charge < -0.3 is 4.42 Å². The number of pyridine rings is 1. The van der Waals surface area contributed by atoms with Crippen molar-refractivity contribution in [2.24, 2.45) is 13.0 Å². The third-order valence-electron chi connectivity index (χ3n) is 7.79. The second kappa shape index (κ2) is 7.69. The summed E-state index contributed by atoms with van der Waals surface area (Å²) in [6.07, 6.45) is 6.62. The summed E-state index contributed by atoms with van der Waals surface area (Å²) in [5.41, 5.74) is 8.72. The minimum Gasteiger partial charge on any atom is -0.455 e. The highest BCUT2D eigenvalue weighted by Crippen LogP contribution is 2.39. The number of nitrogens with zero attached hydrogens (tertiary/aromatic N) is 1. The van der Waals surface area contributed by atoms with E-state index in [1.807, 2.05) is 6.07 Å². The monoisotopic (exact) mass is 438 g/mol. The van der Waals surface area contributed by atoms with Gasteiger partial charge in [0.1, 0.15) is 24.0 Å². The van der Waals surface area contributed by atoms with E-state index in [0.717, 1.165) is 33.5 Å². The molecule has 0 N–H and O–H groups in total. The molecule has 1 aliphatic rings. The van der Waals surface area contributed by atoms with E-state index in [1.54, 1.807) is 0 Å². The summed E-state index contributed by atoms with van der Waals surface area (Å²) in [4.78, 5) is 0. The number of aryl methyl sites for hydroxylation is 2. The predicted molar refractivity (Wildman–Crippen MR) is 133 cm³/mol. The van der Waals surface area contributed by atoms with Crippen LogP contribution in [0.1, 0.15) is 42.4 Å². The fourth-order valence-electron chi connectivity index (χ4n) is 5.86. The largest absolute Gasteiger partial charge is 0.455 e. The molecule has 1 fully saturated rings. The van der Waals surface area contributed by atoms with Gasteiger partial charge in [0.15, 0.2) is 0 Å². The summed E-state index contributed by atoms with van der Waals surface area (Å²) in [6.45, 7) is 4.29. The van der Waals surface area contributed by atoms with Crippen LogP contribution in [-0.4, -0.2) is 0 Å². The number of aromatic nitrogens is 1. The Balaban J connectivity index is 1.58. The van der Waals surface area contributed by atoms with Crippen LogP contribution >= 0.6 is 0 Å². The molecule has 3 aromatic carbocycles. The van der Waals surface area contributed by atoms with Crippen molar-refractivity contribution in [3.8, 4) is 11.3 Å². The van der Waals surface area contributed by atoms with E-state index in [4.69, 9.17) is 4.42 Å². The van der Waals surface area contributed by atoms with Crippen molar-refractivity contribution in [2.75, 3.05) is 0 Å². The Labute approximate surface area is 193 Å². The number of furan rings is 1. The molecule has 0 aliphatic heterocycles. The minimum atomic E-state index is -0.275. The number of benzene rings is 3. The molecule has 33 heavy (non-hydrogen) atoms. The predicted octanol–water partition coefficient (Wildman–Crippen LogP) is 7.72. The first-order valence-corrected chi connectivity index (χ1v) is 12.0. The van der Waals surface area contributed by atoms with Gasteiger partial charge in [-0.15, -0.1) is 0 Å². The molecular formula is C30H29FNO+. The van der Waals surface area contributed by atoms with Gasteiger partial charge in [0, 0.05) is 34.4 Å². The highest BCUT2D eigenvalue weighted by molar-refractivity contribution is 6.10. The zero-order valence-electron chi connectivity index (χ0n) is 19.5. The van der Waals surface area contributed by atoms with Crippen LogP contribution in [0.4, 0.5) is 4.39 Å². The van der Waals surface area contributed by atoms with Gasteiger partial charge in [-0.1, -0.05) is 37.8 Å². The number of halogens is 1. The first-order chi connectivity index (χ1) is 16.0. The lowest BCUT2D eigenvalue weighted by atomic mass is 9.93. The molecule has 0 bridgehead atoms. The van der Waals surface area contributed by atoms with Gasteiger partial charge in [0.25, 0.3) is 0 Å². The molecule has 2 heterocycles. The molecule has 6 rings (SSSR count). The molecule has 0 atom stereocenters. The number of hydrogen-bond donors (Lipinski definition) is 0. The molecule has 0 spiro atoms. The Morgan fingerprint density at radius 3 is 2.55 bits per heavy atom. The zero-order valence-corrected chi connectivity index (χ0v) is 19.5. The standard InChI is InChI=1S/C30H29FNO/c1-18-15-25-24-12-11-22(31)17-28(24)33-30(25)29(19(18)2)27-14-13-23-21(16-20-7-4-5-8-20)9-6-10-26(23)32(27)3/h6,9-15,17,20H,4-5,7-8,16H2,1-3H3/q+1. The molecule has 0 saturated heterocycles. The average molecular weight is 439 g/mol. The normalized spacial score (nSPS) is 14.8. The number of rotatable bonds is 3. The van der Waals surface area contributed by atoms with E-state index < -0.39 is 0 Å². The minimum absolute atomic E-state index is 0.275. The molecule has 2 aromatic heterocycles. The summed E-state index contributed by atoms with van der Waals surface area (Å²) in [6, 6.07) is 18.2. The van der Waals surface area contributed by atoms with E-state index >= 15 is 0 Å². The summed E-state index contributed by atoms with van der Waals surface area (Å²) in [7, 11) is 2.15. The van der Waals surface area contributed by atoms with Gasteiger partial charge in [-0.2, -0.15) is 4.57 Å². The first kappa shape index (κ1) is 20.4. The Morgan fingerprint density at radius 2 is 1.73 bits per heavy atom. The van der Waals surface area contributed by atoms with E-state index in [9.17, 15) is 4.39 Å². The van der Waals surface area contributed by atoms with Gasteiger partial charge in [-0.3, -0.25) is 0 Å². The zero-order chi connectivity index (χ0) is 22.7. The third kappa shape index (κ3) is 3.25. The van der Waals surface area contributed by atoms with E-state index in [1.165, 1.54) is 71.8 Å². The summed E-state index contributed by atoms with van der Waals surface area (Å²) >= 11 is 0. The van der Waals surface area contributed by atoms with E-state index in [-0.39, 0.29) is 5.82 Å². The van der Waals surface area contributed by atoms with Gasteiger partial charge in [-0.25, -0.2) is 4.39 Å². The second-order valence-corrected chi connectivity index (χ2v) is 9.79. The van der Waals surface area contributed by atoms with Crippen LogP contribution in [0.5, 0.6) is 0 Å². The lowest BCUT2D eigenvalue weighted by Crippen LogP contribution is -2.32. The molecular weight excluding hydrogens is 409 g/mol. The van der Waals surface area contributed by atoms with Gasteiger partial charge in [-0.05, 0) is 67.1 Å². The highest BCUT2D eigenvalue weighted by atomic mass is 19.1. The Bertz CT molecular complexity index is 1540. The molecule has 1 aliphatic carbocycles. The number of hydrogen-bond acceptors (Lipinski definition) is 1. The maximum Gasteiger partial charge on any atom is 0.216 e. The second-order valence-electron chi connectivity index (χ2n) is 9.79. The van der Waals surface area contributed by atoms with Crippen molar-refractivity contribution in [3.63, 3.8) is 0 Å². The maximum atomic E-state index is 13.9. The fraction of sp³-hybridized carbons (Fsp3) is 0.300. The molecule has 166 valence electrons. The van der Waals surface area contributed by atoms with Gasteiger partial charge in [0.05, 0.1) is 5.56 Å². The van der Waals surface area contributed by atoms with Crippen LogP contribution in [0.25, 0.3) is 44.1 Å². The fourth-order valence-corrected chi connectivity index (χ4v) is 5.86. The van der Waals surface area contributed by atoms with Crippen LogP contribution < -0.4 is 4.57 Å². The van der Waals surface area contributed by atoms with Crippen LogP contribution in [0, 0.1) is 25.6 Å². The van der Waals surface area contributed by atoms with Crippen molar-refractivity contribution in [3.05, 3.63) is 77.1 Å². The van der Waals surface area contributed by atoms with Crippen LogP contribution in [-0.2, 0) is 13.5 Å². The van der Waals surface area contributed by atoms with Gasteiger partial charge in [0.2, 0.25) is 11.2 Å². The molecule has 2 nitrogen and oxygen atoms in total. The van der Waals surface area contributed by atoms with E-state index in [2.05, 4.69) is 61.9 Å². The topological polar surface area (TPSA) is 17.0 Å². The van der Waals surface area contributed by atoms with Crippen molar-refractivity contribution >= 4 is 32.8 Å². The van der Waals surface area contributed by atoms with Crippen molar-refractivity contribution in [1.29, 1.82) is 0 Å². The summed E-state index contributed by atoms with van der Waals surface area (Å²) < 4.78 is 22.5. The van der Waals surface area contributed by atoms with Crippen LogP contribution in [0.2, 0.25) is 0 Å². The van der Waals surface area contributed by atoms with Crippen LogP contribution in [0.3, 0.4) is 0 Å². The molecule has 0 radical (unpaired) electrons. The summed E-state index contributed by atoms with van der Waals surface area (Å²) in [5.74, 6) is 0.540. The van der Waals surface area contributed by atoms with Crippen molar-refractivity contribution in [2.45, 2.75) is 46.0 Å². The Kier molecular flexibility index (Phi) is 4.76. The third-order valence-corrected chi connectivity index (χ3v) is 7.79. The lowest BCUT2D eigenvalue weighted by Gasteiger charge is -2.13. The Hall–Kier alpha value is -3.20. The molecule has 1 saturated carbocycles. The first-order valence-electron chi connectivity index (χ1n) is 12.0. The SMILES string of the molecule is Cc1cc2c(oc3cc(F)ccc32)c(-c2ccc3c(CC4CCCC4)cccc3[n+]2C)c1C. The van der Waals surface area contributed by atoms with Crippen LogP contribution in [0.15, 0.2) is 59.0 Å². The van der Waals surface area contributed by atoms with E-state index in [0.29, 0.717) is 5.58 Å². The smallest absolute Gasteiger partial charge is 0.216 e. The molecule has 3 heteroatoms. The quantitative estimate of drug-likeness (QED) is 0.264. The highest BCUT2D eigenvalue weighted by Gasteiger charge is 2.25. The molecule has 0 unspecified atom stereocenters. The number of fused-ring (bicyclic) bond motifs is 4. The summed E-state index contributed by atoms with van der Waals surface area (Å²) in [5, 5.41) is 3.33. The maximum absolute atomic E-state index is 13.9. The van der Waals surface area contributed by atoms with Crippen molar-refractivity contribution < 1.29 is 13.4 Å². The van der Waals surface area contributed by atoms with Gasteiger partial charge >= 0.3 is 0 Å².